The Bertz CT molecular complexity index is 500. The third-order valence-electron chi connectivity index (χ3n) is 5.83. The van der Waals surface area contributed by atoms with E-state index in [2.05, 4.69) is 19.2 Å². The highest BCUT2D eigenvalue weighted by atomic mass is 16.7. The van der Waals surface area contributed by atoms with Crippen LogP contribution in [-0.2, 0) is 9.57 Å². The van der Waals surface area contributed by atoms with Crippen LogP contribution in [0, 0.1) is 17.3 Å². The first-order chi connectivity index (χ1) is 10.1. The van der Waals surface area contributed by atoms with Crippen molar-refractivity contribution < 1.29 is 14.7 Å². The highest BCUT2D eigenvalue weighted by Gasteiger charge is 2.55. The second-order valence-corrected chi connectivity index (χ2v) is 7.26. The maximum Gasteiger partial charge on any atom is 0.111 e. The molecule has 2 heterocycles. The molecule has 5 atom stereocenters. The van der Waals surface area contributed by atoms with Crippen molar-refractivity contribution in [2.45, 2.75) is 51.2 Å². The Morgan fingerprint density at radius 3 is 3.10 bits per heavy atom. The van der Waals surface area contributed by atoms with Crippen molar-refractivity contribution in [2.24, 2.45) is 17.3 Å². The second kappa shape index (κ2) is 4.75. The molecule has 4 rings (SSSR count). The molecule has 2 aliphatic carbocycles. The summed E-state index contributed by atoms with van der Waals surface area (Å²) in [5.41, 5.74) is 1.52. The van der Waals surface area contributed by atoms with Gasteiger partial charge in [-0.15, -0.1) is 0 Å². The van der Waals surface area contributed by atoms with Gasteiger partial charge >= 0.3 is 0 Å². The molecule has 0 radical (unpaired) electrons. The van der Waals surface area contributed by atoms with Crippen molar-refractivity contribution >= 4 is 0 Å². The summed E-state index contributed by atoms with van der Waals surface area (Å²) in [5, 5.41) is 12.1. The maximum absolute atomic E-state index is 10.2. The lowest BCUT2D eigenvalue weighted by Crippen LogP contribution is -2.40. The van der Waals surface area contributed by atoms with Gasteiger partial charge in [0.05, 0.1) is 30.9 Å². The monoisotopic (exact) mass is 291 g/mol. The van der Waals surface area contributed by atoms with Gasteiger partial charge in [-0.2, -0.15) is 0 Å². The molecule has 4 nitrogen and oxygen atoms in total. The Hall–Kier alpha value is -1.00. The molecular formula is C17H25NO3. The first kappa shape index (κ1) is 13.6. The van der Waals surface area contributed by atoms with E-state index in [-0.39, 0.29) is 17.6 Å². The van der Waals surface area contributed by atoms with Gasteiger partial charge in [0.1, 0.15) is 6.10 Å². The fraction of sp³-hybridized carbons (Fsp3) is 0.765. The Kier molecular flexibility index (Phi) is 3.09. The van der Waals surface area contributed by atoms with Crippen molar-refractivity contribution in [3.63, 3.8) is 0 Å². The van der Waals surface area contributed by atoms with Gasteiger partial charge in [0.2, 0.25) is 0 Å². The molecule has 1 saturated carbocycles. The highest BCUT2D eigenvalue weighted by Crippen LogP contribution is 2.59. The molecule has 0 aromatic carbocycles. The van der Waals surface area contributed by atoms with E-state index < -0.39 is 0 Å². The SMILES string of the molecule is CON1C=CC23CC(C)CC[C@@H]2OC2=C3[C@H](C[C@@H](O)C2)C1. The molecule has 0 aromatic rings. The molecule has 2 aliphatic heterocycles. The quantitative estimate of drug-likeness (QED) is 0.806. The van der Waals surface area contributed by atoms with E-state index in [1.165, 1.54) is 12.0 Å². The van der Waals surface area contributed by atoms with Crippen LogP contribution < -0.4 is 0 Å². The van der Waals surface area contributed by atoms with Crippen molar-refractivity contribution in [2.75, 3.05) is 13.7 Å². The second-order valence-electron chi connectivity index (χ2n) is 7.26. The summed E-state index contributed by atoms with van der Waals surface area (Å²) >= 11 is 0. The molecule has 0 amide bonds. The predicted molar refractivity (Wildman–Crippen MR) is 78.9 cm³/mol. The highest BCUT2D eigenvalue weighted by molar-refractivity contribution is 5.38. The van der Waals surface area contributed by atoms with E-state index in [1.807, 2.05) is 5.06 Å². The van der Waals surface area contributed by atoms with Crippen LogP contribution in [-0.4, -0.2) is 36.0 Å². The lowest BCUT2D eigenvalue weighted by molar-refractivity contribution is -0.0967. The maximum atomic E-state index is 10.2. The van der Waals surface area contributed by atoms with Crippen LogP contribution in [0.25, 0.3) is 0 Å². The lowest BCUT2D eigenvalue weighted by Gasteiger charge is -2.41. The summed E-state index contributed by atoms with van der Waals surface area (Å²) in [6.45, 7) is 3.16. The Labute approximate surface area is 126 Å². The minimum absolute atomic E-state index is 0.0467. The first-order valence-corrected chi connectivity index (χ1v) is 8.20. The molecule has 0 aromatic heterocycles. The third-order valence-corrected chi connectivity index (χ3v) is 5.83. The largest absolute Gasteiger partial charge is 0.493 e. The molecule has 2 unspecified atom stereocenters. The lowest BCUT2D eigenvalue weighted by atomic mass is 9.61. The zero-order valence-corrected chi connectivity index (χ0v) is 12.9. The van der Waals surface area contributed by atoms with E-state index in [1.54, 1.807) is 7.11 Å². The van der Waals surface area contributed by atoms with Crippen LogP contribution in [0.3, 0.4) is 0 Å². The Morgan fingerprint density at radius 2 is 2.29 bits per heavy atom. The van der Waals surface area contributed by atoms with E-state index in [0.29, 0.717) is 12.3 Å². The van der Waals surface area contributed by atoms with Gasteiger partial charge in [-0.25, -0.2) is 0 Å². The fourth-order valence-corrected chi connectivity index (χ4v) is 5.02. The Balaban J connectivity index is 1.81. The van der Waals surface area contributed by atoms with Gasteiger partial charge in [-0.1, -0.05) is 13.0 Å². The molecule has 21 heavy (non-hydrogen) atoms. The van der Waals surface area contributed by atoms with E-state index in [9.17, 15) is 5.11 Å². The third kappa shape index (κ3) is 1.95. The number of hydroxylamine groups is 2. The molecule has 1 fully saturated rings. The van der Waals surface area contributed by atoms with Crippen LogP contribution in [0.5, 0.6) is 0 Å². The van der Waals surface area contributed by atoms with Crippen molar-refractivity contribution in [3.05, 3.63) is 23.6 Å². The number of hydrogen-bond acceptors (Lipinski definition) is 4. The number of hydrogen-bond donors (Lipinski definition) is 1. The van der Waals surface area contributed by atoms with Crippen LogP contribution >= 0.6 is 0 Å². The van der Waals surface area contributed by atoms with Gasteiger partial charge < -0.3 is 9.84 Å². The molecule has 4 heteroatoms. The van der Waals surface area contributed by atoms with E-state index >= 15 is 0 Å². The number of rotatable bonds is 1. The van der Waals surface area contributed by atoms with E-state index in [0.717, 1.165) is 37.5 Å². The zero-order chi connectivity index (χ0) is 14.6. The average molecular weight is 291 g/mol. The van der Waals surface area contributed by atoms with Gasteiger partial charge in [0, 0.05) is 18.5 Å². The van der Waals surface area contributed by atoms with E-state index in [4.69, 9.17) is 9.57 Å². The topological polar surface area (TPSA) is 41.9 Å². The normalized spacial score (nSPS) is 45.0. The van der Waals surface area contributed by atoms with Crippen LogP contribution in [0.4, 0.5) is 0 Å². The standard InChI is InChI=1S/C17H25NO3/c1-11-3-4-15-17(9-11)5-6-18(20-2)10-12-7-13(19)8-14(21-15)16(12)17/h5-6,11-13,15,19H,3-4,7-10H2,1-2H3/t11?,12-,13-,15+,17?/m1/s1. The molecule has 116 valence electrons. The average Bonchev–Trinajstić information content (AvgIpc) is 2.67. The van der Waals surface area contributed by atoms with Gasteiger partial charge in [0.15, 0.2) is 0 Å². The van der Waals surface area contributed by atoms with Gasteiger partial charge in [0.25, 0.3) is 0 Å². The predicted octanol–water partition coefficient (Wildman–Crippen LogP) is 2.61. The minimum Gasteiger partial charge on any atom is -0.493 e. The number of ether oxygens (including phenoxy) is 1. The molecule has 4 aliphatic rings. The number of nitrogens with zero attached hydrogens (tertiary/aromatic N) is 1. The summed E-state index contributed by atoms with van der Waals surface area (Å²) in [5.74, 6) is 2.15. The summed E-state index contributed by atoms with van der Waals surface area (Å²) in [6.07, 6.45) is 9.45. The summed E-state index contributed by atoms with van der Waals surface area (Å²) in [4.78, 5) is 5.47. The first-order valence-electron chi connectivity index (χ1n) is 8.20. The summed E-state index contributed by atoms with van der Waals surface area (Å²) in [6, 6.07) is 0. The minimum atomic E-state index is -0.278. The zero-order valence-electron chi connectivity index (χ0n) is 12.9. The van der Waals surface area contributed by atoms with Crippen LogP contribution in [0.15, 0.2) is 23.6 Å². The fourth-order valence-electron chi connectivity index (χ4n) is 5.02. The van der Waals surface area contributed by atoms with Crippen molar-refractivity contribution in [1.82, 2.24) is 5.06 Å². The van der Waals surface area contributed by atoms with Crippen LogP contribution in [0.1, 0.15) is 39.0 Å². The van der Waals surface area contributed by atoms with Gasteiger partial charge in [-0.05, 0) is 37.2 Å². The smallest absolute Gasteiger partial charge is 0.111 e. The van der Waals surface area contributed by atoms with Crippen molar-refractivity contribution in [1.29, 1.82) is 0 Å². The van der Waals surface area contributed by atoms with Crippen LogP contribution in [0.2, 0.25) is 0 Å². The molecular weight excluding hydrogens is 266 g/mol. The number of aliphatic hydroxyl groups is 1. The van der Waals surface area contributed by atoms with Gasteiger partial charge in [-0.3, -0.25) is 9.90 Å². The molecule has 1 spiro atoms. The molecule has 1 N–H and O–H groups in total. The summed E-state index contributed by atoms with van der Waals surface area (Å²) < 4.78 is 6.33. The molecule has 0 bridgehead atoms. The Morgan fingerprint density at radius 1 is 1.43 bits per heavy atom. The molecule has 0 saturated heterocycles. The number of aliphatic hydroxyl groups excluding tert-OH is 1. The summed E-state index contributed by atoms with van der Waals surface area (Å²) in [7, 11) is 1.72. The van der Waals surface area contributed by atoms with Crippen molar-refractivity contribution in [3.8, 4) is 0 Å².